The Morgan fingerprint density at radius 1 is 1.07 bits per heavy atom. The zero-order valence-corrected chi connectivity index (χ0v) is 17.5. The van der Waals surface area contributed by atoms with E-state index in [1.54, 1.807) is 11.0 Å². The quantitative estimate of drug-likeness (QED) is 0.520. The molecule has 3 aromatic rings. The first kappa shape index (κ1) is 20.5. The molecule has 0 radical (unpaired) electrons. The number of hydrogen-bond donors (Lipinski definition) is 1. The fraction of sp³-hybridized carbons (Fsp3) is 0.240. The van der Waals surface area contributed by atoms with Crippen molar-refractivity contribution in [2.75, 3.05) is 11.9 Å². The second-order valence-corrected chi connectivity index (χ2v) is 7.47. The van der Waals surface area contributed by atoms with Crippen LogP contribution in [0.4, 0.5) is 10.5 Å². The Balaban J connectivity index is 1.75. The van der Waals surface area contributed by atoms with Gasteiger partial charge >= 0.3 is 6.03 Å². The Hall–Kier alpha value is -3.27. The number of carbonyl (C=O) groups excluding carboxylic acids is 1. The van der Waals surface area contributed by atoms with Gasteiger partial charge in [-0.05, 0) is 55.7 Å². The second-order valence-electron chi connectivity index (χ2n) is 7.47. The fourth-order valence-electron chi connectivity index (χ4n) is 3.44. The Bertz CT molecular complexity index is 1000. The van der Waals surface area contributed by atoms with Crippen LogP contribution < -0.4 is 5.32 Å². The third-order valence-corrected chi connectivity index (χ3v) is 5.14. The van der Waals surface area contributed by atoms with Crippen molar-refractivity contribution in [2.24, 2.45) is 0 Å². The van der Waals surface area contributed by atoms with Gasteiger partial charge in [0.05, 0.1) is 6.54 Å². The molecular formula is C25H29N3O. The van der Waals surface area contributed by atoms with Gasteiger partial charge in [-0.2, -0.15) is 0 Å². The minimum absolute atomic E-state index is 0.125. The molecule has 2 aromatic carbocycles. The highest BCUT2D eigenvalue weighted by Gasteiger charge is 2.16. The number of aryl methyl sites for hydroxylation is 3. The number of benzene rings is 2. The van der Waals surface area contributed by atoms with Gasteiger partial charge in [-0.25, -0.2) is 4.79 Å². The number of carbonyl (C=O) groups is 1. The van der Waals surface area contributed by atoms with Crippen LogP contribution >= 0.6 is 0 Å². The van der Waals surface area contributed by atoms with E-state index < -0.39 is 0 Å². The SMILES string of the molecule is C=CCN(Cc1cccn1Cc1ccccc1C)C(=O)Nc1ccc(C)cc1C. The molecule has 1 N–H and O–H groups in total. The molecule has 29 heavy (non-hydrogen) atoms. The van der Waals surface area contributed by atoms with Gasteiger partial charge in [0, 0.05) is 30.7 Å². The van der Waals surface area contributed by atoms with Gasteiger partial charge in [0.15, 0.2) is 0 Å². The number of amides is 2. The highest BCUT2D eigenvalue weighted by atomic mass is 16.2. The molecule has 150 valence electrons. The molecule has 0 saturated carbocycles. The van der Waals surface area contributed by atoms with E-state index in [4.69, 9.17) is 0 Å². The summed E-state index contributed by atoms with van der Waals surface area (Å²) in [7, 11) is 0. The van der Waals surface area contributed by atoms with E-state index in [1.807, 2.05) is 32.0 Å². The third kappa shape index (κ3) is 5.17. The number of rotatable bonds is 7. The van der Waals surface area contributed by atoms with E-state index in [2.05, 4.69) is 66.0 Å². The summed E-state index contributed by atoms with van der Waals surface area (Å²) < 4.78 is 2.20. The number of aromatic nitrogens is 1. The van der Waals surface area contributed by atoms with Crippen LogP contribution in [-0.2, 0) is 13.1 Å². The maximum atomic E-state index is 12.9. The summed E-state index contributed by atoms with van der Waals surface area (Å²) in [5.41, 5.74) is 6.70. The van der Waals surface area contributed by atoms with Gasteiger partial charge in [0.2, 0.25) is 0 Å². The monoisotopic (exact) mass is 387 g/mol. The second kappa shape index (κ2) is 9.28. The van der Waals surface area contributed by atoms with Crippen molar-refractivity contribution in [1.29, 1.82) is 0 Å². The minimum atomic E-state index is -0.125. The molecule has 2 amide bonds. The lowest BCUT2D eigenvalue weighted by Gasteiger charge is -2.23. The number of nitrogens with zero attached hydrogens (tertiary/aromatic N) is 2. The molecule has 4 heteroatoms. The van der Waals surface area contributed by atoms with Crippen LogP contribution in [0.15, 0.2) is 73.4 Å². The summed E-state index contributed by atoms with van der Waals surface area (Å²) in [6.07, 6.45) is 3.83. The molecule has 0 bridgehead atoms. The summed E-state index contributed by atoms with van der Waals surface area (Å²) in [5, 5.41) is 3.04. The molecule has 0 aliphatic carbocycles. The zero-order valence-electron chi connectivity index (χ0n) is 17.5. The molecule has 0 saturated heterocycles. The van der Waals surface area contributed by atoms with Crippen LogP contribution in [0.3, 0.4) is 0 Å². The van der Waals surface area contributed by atoms with E-state index >= 15 is 0 Å². The van der Waals surface area contributed by atoms with Crippen LogP contribution in [0.2, 0.25) is 0 Å². The molecule has 3 rings (SSSR count). The molecule has 0 aliphatic heterocycles. The summed E-state index contributed by atoms with van der Waals surface area (Å²) in [4.78, 5) is 14.7. The van der Waals surface area contributed by atoms with E-state index in [9.17, 15) is 4.79 Å². The van der Waals surface area contributed by atoms with Gasteiger partial charge in [-0.15, -0.1) is 6.58 Å². The lowest BCUT2D eigenvalue weighted by atomic mass is 10.1. The van der Waals surface area contributed by atoms with Crippen molar-refractivity contribution in [3.05, 3.63) is 101 Å². The van der Waals surface area contributed by atoms with Crippen molar-refractivity contribution < 1.29 is 4.79 Å². The molecule has 0 unspecified atom stereocenters. The number of anilines is 1. The summed E-state index contributed by atoms with van der Waals surface area (Å²) in [6.45, 7) is 11.8. The number of nitrogens with one attached hydrogen (secondary N) is 1. The molecule has 0 atom stereocenters. The lowest BCUT2D eigenvalue weighted by molar-refractivity contribution is 0.214. The van der Waals surface area contributed by atoms with Crippen molar-refractivity contribution in [1.82, 2.24) is 9.47 Å². The van der Waals surface area contributed by atoms with Gasteiger partial charge in [0.25, 0.3) is 0 Å². The number of urea groups is 1. The largest absolute Gasteiger partial charge is 0.345 e. The molecule has 1 aromatic heterocycles. The topological polar surface area (TPSA) is 37.3 Å². The Morgan fingerprint density at radius 2 is 1.86 bits per heavy atom. The summed E-state index contributed by atoms with van der Waals surface area (Å²) in [5.74, 6) is 0. The van der Waals surface area contributed by atoms with E-state index in [1.165, 1.54) is 16.7 Å². The first-order chi connectivity index (χ1) is 14.0. The van der Waals surface area contributed by atoms with Crippen molar-refractivity contribution in [3.63, 3.8) is 0 Å². The van der Waals surface area contributed by atoms with Gasteiger partial charge in [-0.1, -0.05) is 48.0 Å². The maximum absolute atomic E-state index is 12.9. The van der Waals surface area contributed by atoms with E-state index in [-0.39, 0.29) is 6.03 Å². The van der Waals surface area contributed by atoms with Gasteiger partial charge in [-0.3, -0.25) is 0 Å². The van der Waals surface area contributed by atoms with Gasteiger partial charge in [0.1, 0.15) is 0 Å². The molecule has 0 aliphatic rings. The predicted octanol–water partition coefficient (Wildman–Crippen LogP) is 5.68. The predicted molar refractivity (Wildman–Crippen MR) is 120 cm³/mol. The van der Waals surface area contributed by atoms with Crippen molar-refractivity contribution >= 4 is 11.7 Å². The van der Waals surface area contributed by atoms with Crippen LogP contribution in [0.25, 0.3) is 0 Å². The Kier molecular flexibility index (Phi) is 6.55. The highest BCUT2D eigenvalue weighted by molar-refractivity contribution is 5.90. The average Bonchev–Trinajstić information content (AvgIpc) is 3.12. The smallest absolute Gasteiger partial charge is 0.322 e. The zero-order chi connectivity index (χ0) is 20.8. The summed E-state index contributed by atoms with van der Waals surface area (Å²) in [6, 6.07) is 18.4. The molecule has 0 fully saturated rings. The standard InChI is InChI=1S/C25H29N3O/c1-5-14-28(25(29)26-24-13-12-19(2)16-21(24)4)18-23-11-8-15-27(23)17-22-10-7-6-9-20(22)3/h5-13,15-16H,1,14,17-18H2,2-4H3,(H,26,29). The lowest BCUT2D eigenvalue weighted by Crippen LogP contribution is -2.35. The summed E-state index contributed by atoms with van der Waals surface area (Å²) >= 11 is 0. The van der Waals surface area contributed by atoms with Crippen LogP contribution in [-0.4, -0.2) is 22.0 Å². The third-order valence-electron chi connectivity index (χ3n) is 5.14. The van der Waals surface area contributed by atoms with E-state index in [0.717, 1.165) is 23.5 Å². The maximum Gasteiger partial charge on any atom is 0.322 e. The molecule has 0 spiro atoms. The normalized spacial score (nSPS) is 10.6. The molecular weight excluding hydrogens is 358 g/mol. The Morgan fingerprint density at radius 3 is 2.59 bits per heavy atom. The van der Waals surface area contributed by atoms with Crippen LogP contribution in [0, 0.1) is 20.8 Å². The van der Waals surface area contributed by atoms with Crippen molar-refractivity contribution in [3.8, 4) is 0 Å². The van der Waals surface area contributed by atoms with Crippen LogP contribution in [0.5, 0.6) is 0 Å². The first-order valence-electron chi connectivity index (χ1n) is 9.90. The minimum Gasteiger partial charge on any atom is -0.345 e. The van der Waals surface area contributed by atoms with Gasteiger partial charge < -0.3 is 14.8 Å². The first-order valence-corrected chi connectivity index (χ1v) is 9.90. The number of hydrogen-bond acceptors (Lipinski definition) is 1. The average molecular weight is 388 g/mol. The van der Waals surface area contributed by atoms with Crippen molar-refractivity contribution in [2.45, 2.75) is 33.9 Å². The fourth-order valence-corrected chi connectivity index (χ4v) is 3.44. The highest BCUT2D eigenvalue weighted by Crippen LogP contribution is 2.18. The van der Waals surface area contributed by atoms with Crippen LogP contribution in [0.1, 0.15) is 27.9 Å². The Labute approximate surface area is 173 Å². The van der Waals surface area contributed by atoms with E-state index in [0.29, 0.717) is 13.1 Å². The molecule has 1 heterocycles. The molecule has 4 nitrogen and oxygen atoms in total.